The van der Waals surface area contributed by atoms with E-state index in [1.165, 1.54) is 18.4 Å². The van der Waals surface area contributed by atoms with E-state index in [1.54, 1.807) is 0 Å². The Labute approximate surface area is 132 Å². The molecule has 116 valence electrons. The molecular weight excluding hydrogens is 288 g/mol. The molecule has 0 bridgehead atoms. The van der Waals surface area contributed by atoms with Crippen molar-refractivity contribution in [1.82, 2.24) is 10.2 Å². The number of amides is 1. The van der Waals surface area contributed by atoms with Crippen molar-refractivity contribution in [3.05, 3.63) is 35.4 Å². The van der Waals surface area contributed by atoms with Gasteiger partial charge in [-0.05, 0) is 49.5 Å². The zero-order valence-electron chi connectivity index (χ0n) is 12.2. The Hall–Kier alpha value is -1.10. The molecule has 0 spiro atoms. The van der Waals surface area contributed by atoms with Crippen LogP contribution in [0.2, 0.25) is 0 Å². The van der Waals surface area contributed by atoms with Gasteiger partial charge in [-0.15, -0.1) is 12.4 Å². The van der Waals surface area contributed by atoms with Gasteiger partial charge in [0.2, 0.25) is 0 Å². The van der Waals surface area contributed by atoms with Crippen LogP contribution in [-0.2, 0) is 4.74 Å². The number of rotatable bonds is 2. The summed E-state index contributed by atoms with van der Waals surface area (Å²) in [5.41, 5.74) is 2.16. The third kappa shape index (κ3) is 3.96. The molecule has 21 heavy (non-hydrogen) atoms. The van der Waals surface area contributed by atoms with Gasteiger partial charge >= 0.3 is 0 Å². The summed E-state index contributed by atoms with van der Waals surface area (Å²) in [6, 6.07) is 8.22. The topological polar surface area (TPSA) is 41.6 Å². The Morgan fingerprint density at radius 1 is 1.10 bits per heavy atom. The second-order valence-electron chi connectivity index (χ2n) is 5.55. The lowest BCUT2D eigenvalue weighted by molar-refractivity contribution is 0.0303. The van der Waals surface area contributed by atoms with Crippen LogP contribution in [0.15, 0.2) is 24.3 Å². The van der Waals surface area contributed by atoms with Gasteiger partial charge in [0.05, 0.1) is 13.2 Å². The minimum atomic E-state index is 0. The quantitative estimate of drug-likeness (QED) is 0.909. The summed E-state index contributed by atoms with van der Waals surface area (Å²) in [7, 11) is 0. The molecule has 4 nitrogen and oxygen atoms in total. The van der Waals surface area contributed by atoms with Crippen molar-refractivity contribution in [1.29, 1.82) is 0 Å². The third-order valence-corrected chi connectivity index (χ3v) is 4.27. The molecule has 2 aliphatic rings. The van der Waals surface area contributed by atoms with Crippen LogP contribution in [0.5, 0.6) is 0 Å². The van der Waals surface area contributed by atoms with Crippen LogP contribution in [0.4, 0.5) is 0 Å². The van der Waals surface area contributed by atoms with Gasteiger partial charge < -0.3 is 15.0 Å². The first-order chi connectivity index (χ1) is 9.84. The van der Waals surface area contributed by atoms with Crippen LogP contribution in [0.25, 0.3) is 0 Å². The molecule has 2 aliphatic heterocycles. The maximum absolute atomic E-state index is 12.3. The van der Waals surface area contributed by atoms with E-state index in [0.29, 0.717) is 32.2 Å². The Morgan fingerprint density at radius 2 is 1.71 bits per heavy atom. The highest BCUT2D eigenvalue weighted by Gasteiger charge is 2.19. The average Bonchev–Trinajstić information content (AvgIpc) is 2.56. The van der Waals surface area contributed by atoms with E-state index in [1.807, 2.05) is 17.0 Å². The van der Waals surface area contributed by atoms with Crippen molar-refractivity contribution in [2.75, 3.05) is 39.4 Å². The van der Waals surface area contributed by atoms with E-state index < -0.39 is 0 Å². The predicted molar refractivity (Wildman–Crippen MR) is 85.3 cm³/mol. The minimum Gasteiger partial charge on any atom is -0.378 e. The number of nitrogens with one attached hydrogen (secondary N) is 1. The SMILES string of the molecule is Cl.O=C(c1ccc(C2CCNCC2)cc1)N1CCOCC1. The minimum absolute atomic E-state index is 0. The summed E-state index contributed by atoms with van der Waals surface area (Å²) in [4.78, 5) is 14.2. The lowest BCUT2D eigenvalue weighted by Crippen LogP contribution is -2.40. The molecule has 1 N–H and O–H groups in total. The number of piperidine rings is 1. The monoisotopic (exact) mass is 310 g/mol. The van der Waals surface area contributed by atoms with Gasteiger partial charge in [0, 0.05) is 18.7 Å². The van der Waals surface area contributed by atoms with E-state index in [2.05, 4.69) is 17.4 Å². The summed E-state index contributed by atoms with van der Waals surface area (Å²) in [5, 5.41) is 3.38. The number of carbonyl (C=O) groups excluding carboxylic acids is 1. The van der Waals surface area contributed by atoms with Crippen molar-refractivity contribution < 1.29 is 9.53 Å². The van der Waals surface area contributed by atoms with Crippen LogP contribution in [0.1, 0.15) is 34.7 Å². The van der Waals surface area contributed by atoms with E-state index in [-0.39, 0.29) is 18.3 Å². The molecule has 2 fully saturated rings. The maximum Gasteiger partial charge on any atom is 0.254 e. The fourth-order valence-electron chi connectivity index (χ4n) is 3.00. The van der Waals surface area contributed by atoms with Gasteiger partial charge in [-0.2, -0.15) is 0 Å². The van der Waals surface area contributed by atoms with Gasteiger partial charge in [0.15, 0.2) is 0 Å². The largest absolute Gasteiger partial charge is 0.378 e. The van der Waals surface area contributed by atoms with Crippen molar-refractivity contribution >= 4 is 18.3 Å². The first kappa shape index (κ1) is 16.3. The van der Waals surface area contributed by atoms with Crippen LogP contribution in [0, 0.1) is 0 Å². The number of ether oxygens (including phenoxy) is 1. The molecule has 2 heterocycles. The van der Waals surface area contributed by atoms with E-state index in [9.17, 15) is 4.79 Å². The highest BCUT2D eigenvalue weighted by Crippen LogP contribution is 2.25. The van der Waals surface area contributed by atoms with Crippen LogP contribution >= 0.6 is 12.4 Å². The highest BCUT2D eigenvalue weighted by molar-refractivity contribution is 5.94. The number of halogens is 1. The summed E-state index contributed by atoms with van der Waals surface area (Å²) in [5.74, 6) is 0.772. The second-order valence-corrected chi connectivity index (χ2v) is 5.55. The van der Waals surface area contributed by atoms with Crippen molar-refractivity contribution in [2.45, 2.75) is 18.8 Å². The summed E-state index contributed by atoms with van der Waals surface area (Å²) >= 11 is 0. The van der Waals surface area contributed by atoms with Crippen molar-refractivity contribution in [3.8, 4) is 0 Å². The van der Waals surface area contributed by atoms with Crippen molar-refractivity contribution in [2.24, 2.45) is 0 Å². The maximum atomic E-state index is 12.3. The molecule has 5 heteroatoms. The first-order valence-electron chi connectivity index (χ1n) is 7.52. The summed E-state index contributed by atoms with van der Waals surface area (Å²) in [6.07, 6.45) is 2.38. The van der Waals surface area contributed by atoms with Crippen LogP contribution in [0.3, 0.4) is 0 Å². The second kappa shape index (κ2) is 7.78. The van der Waals surface area contributed by atoms with E-state index >= 15 is 0 Å². The molecule has 0 aliphatic carbocycles. The molecule has 0 aromatic heterocycles. The number of hydrogen-bond donors (Lipinski definition) is 1. The van der Waals surface area contributed by atoms with Gasteiger partial charge in [-0.3, -0.25) is 4.79 Å². The Balaban J connectivity index is 0.00000161. The molecule has 3 rings (SSSR count). The number of carbonyl (C=O) groups is 1. The van der Waals surface area contributed by atoms with Gasteiger partial charge in [0.25, 0.3) is 5.91 Å². The van der Waals surface area contributed by atoms with Crippen LogP contribution in [-0.4, -0.2) is 50.2 Å². The molecular formula is C16H23ClN2O2. The molecule has 0 saturated carbocycles. The van der Waals surface area contributed by atoms with Gasteiger partial charge in [0.1, 0.15) is 0 Å². The Morgan fingerprint density at radius 3 is 2.33 bits per heavy atom. The molecule has 1 aromatic rings. The smallest absolute Gasteiger partial charge is 0.254 e. The van der Waals surface area contributed by atoms with Crippen molar-refractivity contribution in [3.63, 3.8) is 0 Å². The molecule has 0 unspecified atom stereocenters. The predicted octanol–water partition coefficient (Wildman–Crippen LogP) is 2.05. The number of hydrogen-bond acceptors (Lipinski definition) is 3. The highest BCUT2D eigenvalue weighted by atomic mass is 35.5. The first-order valence-corrected chi connectivity index (χ1v) is 7.52. The summed E-state index contributed by atoms with van der Waals surface area (Å²) in [6.45, 7) is 4.90. The van der Waals surface area contributed by atoms with E-state index in [0.717, 1.165) is 18.7 Å². The zero-order valence-corrected chi connectivity index (χ0v) is 13.0. The lowest BCUT2D eigenvalue weighted by Gasteiger charge is -2.27. The normalized spacial score (nSPS) is 19.9. The van der Waals surface area contributed by atoms with E-state index in [4.69, 9.17) is 4.74 Å². The average molecular weight is 311 g/mol. The fraction of sp³-hybridized carbons (Fsp3) is 0.562. The summed E-state index contributed by atoms with van der Waals surface area (Å²) < 4.78 is 5.28. The number of nitrogens with zero attached hydrogens (tertiary/aromatic N) is 1. The molecule has 1 amide bonds. The standard InChI is InChI=1S/C16H22N2O2.ClH/c19-16(18-9-11-20-12-10-18)15-3-1-13(2-4-15)14-5-7-17-8-6-14;/h1-4,14,17H,5-12H2;1H. The zero-order chi connectivity index (χ0) is 13.8. The number of benzene rings is 1. The van der Waals surface area contributed by atoms with Gasteiger partial charge in [-0.25, -0.2) is 0 Å². The molecule has 0 radical (unpaired) electrons. The molecule has 2 saturated heterocycles. The fourth-order valence-corrected chi connectivity index (χ4v) is 3.00. The lowest BCUT2D eigenvalue weighted by atomic mass is 9.90. The number of morpholine rings is 1. The van der Waals surface area contributed by atoms with Gasteiger partial charge in [-0.1, -0.05) is 12.1 Å². The molecule has 1 aromatic carbocycles. The Kier molecular flexibility index (Phi) is 6.03. The third-order valence-electron chi connectivity index (χ3n) is 4.27. The molecule has 0 atom stereocenters. The Bertz CT molecular complexity index is 452. The van der Waals surface area contributed by atoms with Crippen LogP contribution < -0.4 is 5.32 Å².